The van der Waals surface area contributed by atoms with Gasteiger partial charge in [0.1, 0.15) is 10.5 Å². The third-order valence-electron chi connectivity index (χ3n) is 3.08. The van der Waals surface area contributed by atoms with Crippen molar-refractivity contribution in [3.8, 4) is 11.3 Å². The Morgan fingerprint density at radius 3 is 2.71 bits per heavy atom. The van der Waals surface area contributed by atoms with E-state index in [1.165, 1.54) is 19.5 Å². The number of nitrogens with zero attached hydrogens (tertiary/aromatic N) is 1. The molecular formula is C15H15FN2O2S. The number of H-pyrrole nitrogens is 1. The topological polar surface area (TPSA) is 55.0 Å². The van der Waals surface area contributed by atoms with Crippen LogP contribution in [-0.2, 0) is 4.74 Å². The molecule has 0 aliphatic carbocycles. The van der Waals surface area contributed by atoms with Crippen LogP contribution in [0.2, 0.25) is 0 Å². The van der Waals surface area contributed by atoms with Crippen LogP contribution in [0.4, 0.5) is 4.39 Å². The third-order valence-corrected chi connectivity index (χ3v) is 3.40. The van der Waals surface area contributed by atoms with Gasteiger partial charge in [0.2, 0.25) is 0 Å². The Morgan fingerprint density at radius 1 is 1.38 bits per heavy atom. The Kier molecular flexibility index (Phi) is 4.47. The van der Waals surface area contributed by atoms with Gasteiger partial charge >= 0.3 is 5.97 Å². The summed E-state index contributed by atoms with van der Waals surface area (Å²) in [5.74, 6) is -0.990. The zero-order valence-electron chi connectivity index (χ0n) is 11.9. The molecular weight excluding hydrogens is 291 g/mol. The number of halogens is 1. The summed E-state index contributed by atoms with van der Waals surface area (Å²) in [6, 6.07) is 4.06. The summed E-state index contributed by atoms with van der Waals surface area (Å²) in [6.45, 7) is 3.95. The maximum Gasteiger partial charge on any atom is 0.337 e. The van der Waals surface area contributed by atoms with E-state index in [-0.39, 0.29) is 11.5 Å². The zero-order valence-corrected chi connectivity index (χ0v) is 12.8. The lowest BCUT2D eigenvalue weighted by Gasteiger charge is -2.13. The predicted octanol–water partition coefficient (Wildman–Crippen LogP) is 3.86. The number of aromatic nitrogens is 2. The summed E-state index contributed by atoms with van der Waals surface area (Å²) in [7, 11) is 1.26. The molecule has 0 saturated carbocycles. The Balaban J connectivity index is 2.68. The van der Waals surface area contributed by atoms with Crippen molar-refractivity contribution in [2.24, 2.45) is 0 Å². The lowest BCUT2D eigenvalue weighted by molar-refractivity contribution is 0.0600. The normalized spacial score (nSPS) is 10.7. The lowest BCUT2D eigenvalue weighted by atomic mass is 9.97. The van der Waals surface area contributed by atoms with Crippen LogP contribution in [0, 0.1) is 10.5 Å². The van der Waals surface area contributed by atoms with E-state index < -0.39 is 11.8 Å². The Hall–Kier alpha value is -2.08. The molecule has 0 radical (unpaired) electrons. The summed E-state index contributed by atoms with van der Waals surface area (Å²) >= 11 is 5.24. The molecule has 2 aromatic rings. The van der Waals surface area contributed by atoms with Crippen LogP contribution in [0.15, 0.2) is 24.5 Å². The standard InChI is InChI=1S/C15H15FN2O2S/c1-8(2)12-13(17-7-18-14(12)21)9-4-10(15(19)20-3)6-11(16)5-9/h4-8H,1-3H3,(H,17,18,21). The van der Waals surface area contributed by atoms with Gasteiger partial charge in [-0.3, -0.25) is 0 Å². The molecule has 6 heteroatoms. The van der Waals surface area contributed by atoms with E-state index in [1.54, 1.807) is 6.07 Å². The minimum absolute atomic E-state index is 0.113. The van der Waals surface area contributed by atoms with E-state index in [4.69, 9.17) is 12.2 Å². The maximum atomic E-state index is 13.8. The van der Waals surface area contributed by atoms with Gasteiger partial charge in [-0.25, -0.2) is 14.2 Å². The Morgan fingerprint density at radius 2 is 2.10 bits per heavy atom. The van der Waals surface area contributed by atoms with Crippen molar-refractivity contribution < 1.29 is 13.9 Å². The monoisotopic (exact) mass is 306 g/mol. The summed E-state index contributed by atoms with van der Waals surface area (Å²) < 4.78 is 18.9. The Labute approximate surface area is 127 Å². The number of aromatic amines is 1. The van der Waals surface area contributed by atoms with Gasteiger partial charge in [0.25, 0.3) is 0 Å². The number of methoxy groups -OCH3 is 1. The number of ether oxygens (including phenoxy) is 1. The quantitative estimate of drug-likeness (QED) is 0.691. The van der Waals surface area contributed by atoms with Crippen LogP contribution in [0.3, 0.4) is 0 Å². The number of benzene rings is 1. The molecule has 2 rings (SSSR count). The molecule has 1 N–H and O–H groups in total. The van der Waals surface area contributed by atoms with Crippen LogP contribution in [0.25, 0.3) is 11.3 Å². The second-order valence-corrected chi connectivity index (χ2v) is 5.26. The van der Waals surface area contributed by atoms with E-state index in [0.717, 1.165) is 11.6 Å². The number of hydrogen-bond donors (Lipinski definition) is 1. The first-order chi connectivity index (χ1) is 9.93. The number of esters is 1. The summed E-state index contributed by atoms with van der Waals surface area (Å²) in [5, 5.41) is 0. The molecule has 0 unspecified atom stereocenters. The lowest BCUT2D eigenvalue weighted by Crippen LogP contribution is -2.04. The second kappa shape index (κ2) is 6.13. The van der Waals surface area contributed by atoms with Crippen molar-refractivity contribution in [3.05, 3.63) is 46.1 Å². The number of carbonyl (C=O) groups excluding carboxylic acids is 1. The average molecular weight is 306 g/mol. The van der Waals surface area contributed by atoms with Crippen molar-refractivity contribution in [2.75, 3.05) is 7.11 Å². The van der Waals surface area contributed by atoms with Crippen molar-refractivity contribution in [1.29, 1.82) is 0 Å². The number of rotatable bonds is 3. The molecule has 0 aliphatic rings. The van der Waals surface area contributed by atoms with Crippen molar-refractivity contribution in [3.63, 3.8) is 0 Å². The fraction of sp³-hybridized carbons (Fsp3) is 0.267. The molecule has 0 spiro atoms. The van der Waals surface area contributed by atoms with Gasteiger partial charge in [0.05, 0.1) is 24.7 Å². The van der Waals surface area contributed by atoms with Gasteiger partial charge < -0.3 is 9.72 Å². The van der Waals surface area contributed by atoms with Crippen LogP contribution < -0.4 is 0 Å². The molecule has 0 bridgehead atoms. The van der Waals surface area contributed by atoms with Gasteiger partial charge in [-0.15, -0.1) is 0 Å². The molecule has 0 atom stereocenters. The molecule has 21 heavy (non-hydrogen) atoms. The first kappa shape index (κ1) is 15.3. The van der Waals surface area contributed by atoms with Crippen molar-refractivity contribution in [2.45, 2.75) is 19.8 Å². The molecule has 1 heterocycles. The van der Waals surface area contributed by atoms with Crippen LogP contribution in [-0.4, -0.2) is 23.0 Å². The van der Waals surface area contributed by atoms with Crippen molar-refractivity contribution in [1.82, 2.24) is 9.97 Å². The first-order valence-electron chi connectivity index (χ1n) is 6.41. The van der Waals surface area contributed by atoms with Crippen LogP contribution >= 0.6 is 12.2 Å². The minimum Gasteiger partial charge on any atom is -0.465 e. The maximum absolute atomic E-state index is 13.8. The molecule has 0 fully saturated rings. The van der Waals surface area contributed by atoms with E-state index in [2.05, 4.69) is 14.7 Å². The highest BCUT2D eigenvalue weighted by atomic mass is 32.1. The van der Waals surface area contributed by atoms with Crippen molar-refractivity contribution >= 4 is 18.2 Å². The van der Waals surface area contributed by atoms with Crippen LogP contribution in [0.5, 0.6) is 0 Å². The minimum atomic E-state index is -0.588. The molecule has 4 nitrogen and oxygen atoms in total. The SMILES string of the molecule is COC(=O)c1cc(F)cc(-c2[nH]cnc(=S)c2C(C)C)c1. The number of carbonyl (C=O) groups is 1. The smallest absolute Gasteiger partial charge is 0.337 e. The second-order valence-electron chi connectivity index (χ2n) is 4.87. The number of nitrogens with one attached hydrogen (secondary N) is 1. The zero-order chi connectivity index (χ0) is 15.6. The summed E-state index contributed by atoms with van der Waals surface area (Å²) in [5.41, 5.74) is 2.16. The van der Waals surface area contributed by atoms with Gasteiger partial charge in [-0.2, -0.15) is 0 Å². The van der Waals surface area contributed by atoms with Gasteiger partial charge in [-0.1, -0.05) is 26.1 Å². The molecule has 110 valence electrons. The fourth-order valence-electron chi connectivity index (χ4n) is 2.15. The van der Waals surface area contributed by atoms with Crippen LogP contribution in [0.1, 0.15) is 35.7 Å². The average Bonchev–Trinajstić information content (AvgIpc) is 2.45. The van der Waals surface area contributed by atoms with Gasteiger partial charge in [0.15, 0.2) is 0 Å². The van der Waals surface area contributed by atoms with E-state index in [1.807, 2.05) is 13.8 Å². The fourth-order valence-corrected chi connectivity index (χ4v) is 2.54. The first-order valence-corrected chi connectivity index (χ1v) is 6.81. The Bertz CT molecular complexity index is 741. The highest BCUT2D eigenvalue weighted by Crippen LogP contribution is 2.28. The largest absolute Gasteiger partial charge is 0.465 e. The molecule has 1 aromatic heterocycles. The molecule has 0 amide bonds. The van der Waals surface area contributed by atoms with E-state index >= 15 is 0 Å². The van der Waals surface area contributed by atoms with E-state index in [9.17, 15) is 9.18 Å². The summed E-state index contributed by atoms with van der Waals surface area (Å²) in [6.07, 6.45) is 1.46. The third kappa shape index (κ3) is 3.16. The molecule has 0 aliphatic heterocycles. The summed E-state index contributed by atoms with van der Waals surface area (Å²) in [4.78, 5) is 18.6. The highest BCUT2D eigenvalue weighted by molar-refractivity contribution is 7.71. The predicted molar refractivity (Wildman–Crippen MR) is 80.2 cm³/mol. The highest BCUT2D eigenvalue weighted by Gasteiger charge is 2.15. The van der Waals surface area contributed by atoms with E-state index in [0.29, 0.717) is 15.9 Å². The molecule has 0 saturated heterocycles. The number of hydrogen-bond acceptors (Lipinski definition) is 4. The molecule has 1 aromatic carbocycles. The van der Waals surface area contributed by atoms with Gasteiger partial charge in [0, 0.05) is 11.1 Å². The van der Waals surface area contributed by atoms with Gasteiger partial charge in [-0.05, 0) is 24.1 Å².